The SMILES string of the molecule is CO[C@@H]1[C@H](OC)[C@H](OC2Cc3ccc(-c4ccn(-c5ccc(C(F)(F)F)cn5)n4)cc3C2)O[C@@H](C)[C@@H]1OC. The van der Waals surface area contributed by atoms with Gasteiger partial charge < -0.3 is 23.7 Å². The highest BCUT2D eigenvalue weighted by Gasteiger charge is 2.47. The number of hydrogen-bond acceptors (Lipinski definition) is 7. The van der Waals surface area contributed by atoms with Crippen LogP contribution in [0.5, 0.6) is 0 Å². The van der Waals surface area contributed by atoms with Crippen LogP contribution in [0.3, 0.4) is 0 Å². The second kappa shape index (κ2) is 10.7. The number of rotatable bonds is 7. The predicted octanol–water partition coefficient (Wildman–Crippen LogP) is 4.23. The van der Waals surface area contributed by atoms with Crippen LogP contribution in [0.2, 0.25) is 0 Å². The molecule has 3 heterocycles. The highest BCUT2D eigenvalue weighted by molar-refractivity contribution is 5.61. The van der Waals surface area contributed by atoms with Crippen molar-refractivity contribution < 1.29 is 36.9 Å². The molecule has 5 rings (SSSR count). The average Bonchev–Trinajstić information content (AvgIpc) is 3.54. The van der Waals surface area contributed by atoms with Crippen molar-refractivity contribution in [3.8, 4) is 17.1 Å². The molecule has 3 aromatic rings. The first kappa shape index (κ1) is 26.8. The Morgan fingerprint density at radius 3 is 2.32 bits per heavy atom. The molecular formula is C27H30F3N3O5. The fourth-order valence-electron chi connectivity index (χ4n) is 5.24. The molecule has 0 bridgehead atoms. The van der Waals surface area contributed by atoms with Crippen LogP contribution in [0.25, 0.3) is 17.1 Å². The van der Waals surface area contributed by atoms with Crippen LogP contribution in [0, 0.1) is 0 Å². The van der Waals surface area contributed by atoms with Gasteiger partial charge in [0.15, 0.2) is 12.1 Å². The summed E-state index contributed by atoms with van der Waals surface area (Å²) in [6.45, 7) is 1.93. The molecule has 2 aliphatic rings. The maximum atomic E-state index is 12.8. The Morgan fingerprint density at radius 1 is 0.921 bits per heavy atom. The minimum atomic E-state index is -4.43. The van der Waals surface area contributed by atoms with Gasteiger partial charge in [0, 0.05) is 39.3 Å². The molecule has 1 fully saturated rings. The molecule has 1 aliphatic carbocycles. The van der Waals surface area contributed by atoms with Crippen LogP contribution in [0.1, 0.15) is 23.6 Å². The molecule has 38 heavy (non-hydrogen) atoms. The maximum Gasteiger partial charge on any atom is 0.417 e. The third kappa shape index (κ3) is 5.21. The lowest BCUT2D eigenvalue weighted by Crippen LogP contribution is -2.59. The lowest BCUT2D eigenvalue weighted by atomic mass is 9.99. The smallest absolute Gasteiger partial charge is 0.376 e. The second-order valence-corrected chi connectivity index (χ2v) is 9.51. The van der Waals surface area contributed by atoms with Gasteiger partial charge in [0.1, 0.15) is 18.3 Å². The summed E-state index contributed by atoms with van der Waals surface area (Å²) in [5.41, 5.74) is 3.11. The molecule has 1 unspecified atom stereocenters. The third-order valence-electron chi connectivity index (χ3n) is 7.17. The number of aromatic nitrogens is 3. The van der Waals surface area contributed by atoms with Crippen molar-refractivity contribution in [2.45, 2.75) is 62.8 Å². The molecule has 11 heteroatoms. The third-order valence-corrected chi connectivity index (χ3v) is 7.17. The molecule has 0 spiro atoms. The van der Waals surface area contributed by atoms with Crippen LogP contribution in [0.4, 0.5) is 13.2 Å². The number of halogens is 3. The van der Waals surface area contributed by atoms with Crippen LogP contribution in [-0.2, 0) is 42.7 Å². The van der Waals surface area contributed by atoms with E-state index in [1.807, 2.05) is 19.1 Å². The zero-order valence-corrected chi connectivity index (χ0v) is 21.5. The monoisotopic (exact) mass is 533 g/mol. The Balaban J connectivity index is 1.28. The van der Waals surface area contributed by atoms with Gasteiger partial charge >= 0.3 is 6.18 Å². The molecule has 0 N–H and O–H groups in total. The number of ether oxygens (including phenoxy) is 5. The Labute approximate surface area is 218 Å². The molecule has 2 aromatic heterocycles. The fraction of sp³-hybridized carbons (Fsp3) is 0.481. The first-order chi connectivity index (χ1) is 18.2. The molecule has 0 amide bonds. The normalized spacial score (nSPS) is 27.4. The molecule has 1 saturated heterocycles. The molecule has 6 atom stereocenters. The van der Waals surface area contributed by atoms with Crippen molar-refractivity contribution in [3.05, 3.63) is 65.5 Å². The quantitative estimate of drug-likeness (QED) is 0.450. The van der Waals surface area contributed by atoms with E-state index in [1.54, 1.807) is 27.5 Å². The van der Waals surface area contributed by atoms with Crippen molar-refractivity contribution in [2.24, 2.45) is 0 Å². The lowest BCUT2D eigenvalue weighted by molar-refractivity contribution is -0.314. The topological polar surface area (TPSA) is 76.9 Å². The summed E-state index contributed by atoms with van der Waals surface area (Å²) in [4.78, 5) is 3.91. The average molecular weight is 534 g/mol. The number of hydrogen-bond donors (Lipinski definition) is 0. The molecule has 8 nitrogen and oxygen atoms in total. The predicted molar refractivity (Wildman–Crippen MR) is 131 cm³/mol. The van der Waals surface area contributed by atoms with E-state index in [-0.39, 0.29) is 24.4 Å². The molecule has 0 saturated carbocycles. The highest BCUT2D eigenvalue weighted by atomic mass is 19.4. The molecule has 1 aromatic carbocycles. The van der Waals surface area contributed by atoms with Crippen molar-refractivity contribution >= 4 is 0 Å². The number of pyridine rings is 1. The van der Waals surface area contributed by atoms with Gasteiger partial charge in [0.05, 0.1) is 23.5 Å². The van der Waals surface area contributed by atoms with Gasteiger partial charge in [-0.3, -0.25) is 0 Å². The number of fused-ring (bicyclic) bond motifs is 1. The van der Waals surface area contributed by atoms with Crippen molar-refractivity contribution in [3.63, 3.8) is 0 Å². The minimum absolute atomic E-state index is 0.0967. The summed E-state index contributed by atoms with van der Waals surface area (Å²) >= 11 is 0. The number of nitrogens with zero attached hydrogens (tertiary/aromatic N) is 3. The summed E-state index contributed by atoms with van der Waals surface area (Å²) in [7, 11) is 4.85. The lowest BCUT2D eigenvalue weighted by Gasteiger charge is -2.44. The molecule has 204 valence electrons. The minimum Gasteiger partial charge on any atom is -0.376 e. The van der Waals surface area contributed by atoms with E-state index >= 15 is 0 Å². The highest BCUT2D eigenvalue weighted by Crippen LogP contribution is 2.33. The van der Waals surface area contributed by atoms with Crippen LogP contribution >= 0.6 is 0 Å². The van der Waals surface area contributed by atoms with Gasteiger partial charge in [-0.05, 0) is 55.2 Å². The van der Waals surface area contributed by atoms with E-state index in [0.29, 0.717) is 17.9 Å². The van der Waals surface area contributed by atoms with Crippen LogP contribution in [0.15, 0.2) is 48.8 Å². The van der Waals surface area contributed by atoms with Crippen LogP contribution < -0.4 is 0 Å². The van der Waals surface area contributed by atoms with E-state index in [1.165, 1.54) is 16.3 Å². The van der Waals surface area contributed by atoms with Crippen molar-refractivity contribution in [1.29, 1.82) is 0 Å². The summed E-state index contributed by atoms with van der Waals surface area (Å²) < 4.78 is 69.4. The van der Waals surface area contributed by atoms with Crippen molar-refractivity contribution in [2.75, 3.05) is 21.3 Å². The Morgan fingerprint density at radius 2 is 1.66 bits per heavy atom. The van der Waals surface area contributed by atoms with Gasteiger partial charge in [-0.1, -0.05) is 12.1 Å². The number of benzene rings is 1. The van der Waals surface area contributed by atoms with Gasteiger partial charge in [0.25, 0.3) is 0 Å². The van der Waals surface area contributed by atoms with Gasteiger partial charge in [-0.25, -0.2) is 9.67 Å². The fourth-order valence-corrected chi connectivity index (χ4v) is 5.24. The van der Waals surface area contributed by atoms with E-state index in [0.717, 1.165) is 29.8 Å². The zero-order chi connectivity index (χ0) is 27.0. The second-order valence-electron chi connectivity index (χ2n) is 9.51. The Bertz CT molecular complexity index is 1250. The van der Waals surface area contributed by atoms with E-state index in [4.69, 9.17) is 23.7 Å². The molecule has 1 aliphatic heterocycles. The summed E-state index contributed by atoms with van der Waals surface area (Å²) in [6, 6.07) is 10.2. The zero-order valence-electron chi connectivity index (χ0n) is 21.5. The number of methoxy groups -OCH3 is 3. The first-order valence-corrected chi connectivity index (χ1v) is 12.3. The van der Waals surface area contributed by atoms with E-state index < -0.39 is 24.1 Å². The summed E-state index contributed by atoms with van der Waals surface area (Å²) in [6.07, 6.45) is -2.50. The first-order valence-electron chi connectivity index (χ1n) is 12.3. The summed E-state index contributed by atoms with van der Waals surface area (Å²) in [5.74, 6) is 0.304. The largest absolute Gasteiger partial charge is 0.417 e. The Kier molecular flexibility index (Phi) is 7.56. The van der Waals surface area contributed by atoms with Crippen LogP contribution in [-0.4, -0.2) is 72.9 Å². The molecule has 0 radical (unpaired) electrons. The molecular weight excluding hydrogens is 503 g/mol. The standard InChI is InChI=1S/C27H30F3N3O5/c1-15-23(34-2)24(35-3)25(36-4)26(37-15)38-20-12-16-5-6-17(11-18(16)13-20)21-9-10-33(32-21)22-8-7-19(14-31-22)27(28,29)30/h5-11,14-15,20,23-26H,12-13H2,1-4H3/t15-,20?,23-,24-,25-,26-/m0/s1. The van der Waals surface area contributed by atoms with Gasteiger partial charge in [0.2, 0.25) is 0 Å². The van der Waals surface area contributed by atoms with Gasteiger partial charge in [-0.2, -0.15) is 18.3 Å². The Hall–Kier alpha value is -2.83. The van der Waals surface area contributed by atoms with E-state index in [9.17, 15) is 13.2 Å². The maximum absolute atomic E-state index is 12.8. The van der Waals surface area contributed by atoms with Crippen molar-refractivity contribution in [1.82, 2.24) is 14.8 Å². The number of alkyl halides is 3. The van der Waals surface area contributed by atoms with E-state index in [2.05, 4.69) is 22.2 Å². The van der Waals surface area contributed by atoms with Gasteiger partial charge in [-0.15, -0.1) is 0 Å². The summed E-state index contributed by atoms with van der Waals surface area (Å²) in [5, 5.41) is 4.52.